The molecule has 3 heterocycles. The van der Waals surface area contributed by atoms with Crippen molar-refractivity contribution in [3.63, 3.8) is 0 Å². The number of hydrogen-bond acceptors (Lipinski definition) is 4. The van der Waals surface area contributed by atoms with Crippen LogP contribution in [-0.4, -0.2) is 38.6 Å². The molecule has 8 heteroatoms. The number of nitrogens with zero attached hydrogens (tertiary/aromatic N) is 3. The second-order valence-electron chi connectivity index (χ2n) is 10.6. The first-order valence-corrected chi connectivity index (χ1v) is 14.7. The number of ether oxygens (including phenoxy) is 2. The fourth-order valence-corrected chi connectivity index (χ4v) is 6.35. The molecule has 0 spiro atoms. The Kier molecular flexibility index (Phi) is 7.73. The molecule has 6 rings (SSSR count). The Labute approximate surface area is 244 Å². The Morgan fingerprint density at radius 3 is 2.80 bits per heavy atom. The molecule has 1 aliphatic heterocycles. The lowest BCUT2D eigenvalue weighted by atomic mass is 9.97. The Morgan fingerprint density at radius 2 is 1.98 bits per heavy atom. The van der Waals surface area contributed by atoms with Gasteiger partial charge < -0.3 is 19.1 Å². The highest BCUT2D eigenvalue weighted by molar-refractivity contribution is 6.31. The maximum absolute atomic E-state index is 12.8. The highest BCUT2D eigenvalue weighted by atomic mass is 35.5. The Hall–Kier alpha value is -3.81. The summed E-state index contributed by atoms with van der Waals surface area (Å²) in [7, 11) is 1.96. The number of carboxylic acid groups (broad SMARTS) is 1. The number of carbonyl (C=O) groups is 1. The predicted octanol–water partition coefficient (Wildman–Crippen LogP) is 7.43. The number of hydrogen-bond donors (Lipinski definition) is 1. The van der Waals surface area contributed by atoms with Crippen molar-refractivity contribution in [2.75, 3.05) is 13.2 Å². The summed E-state index contributed by atoms with van der Waals surface area (Å²) in [6.45, 7) is 4.29. The fraction of sp³-hybridized carbons (Fsp3) is 0.333. The van der Waals surface area contributed by atoms with Crippen molar-refractivity contribution in [1.29, 1.82) is 0 Å². The largest absolute Gasteiger partial charge is 0.493 e. The summed E-state index contributed by atoms with van der Waals surface area (Å²) in [4.78, 5) is 12.8. The van der Waals surface area contributed by atoms with Crippen LogP contribution in [0.1, 0.15) is 53.6 Å². The van der Waals surface area contributed by atoms with Crippen LogP contribution in [0.2, 0.25) is 5.02 Å². The second-order valence-corrected chi connectivity index (χ2v) is 11.0. The number of carboxylic acids is 1. The zero-order valence-corrected chi connectivity index (χ0v) is 24.2. The standard InChI is InChI=1S/C33H34ClN3O4/c1-3-27-30-26-11-7-10-24-25(12-8-18-41-29-13-6-9-21-19-22(34)14-15-23(21)29)32(33(38)39)37(31(24)26)16-4-5-17-40-20-28(30)36(2)35-27/h6-7,9-11,13-15,19H,3-5,8,12,16-18,20H2,1-2H3,(H,38,39). The number of fused-ring (bicyclic) bond motifs is 3. The van der Waals surface area contributed by atoms with Crippen molar-refractivity contribution in [2.45, 2.75) is 52.2 Å². The summed E-state index contributed by atoms with van der Waals surface area (Å²) in [5, 5.41) is 19.0. The van der Waals surface area contributed by atoms with Crippen molar-refractivity contribution in [3.05, 3.63) is 82.3 Å². The van der Waals surface area contributed by atoms with Gasteiger partial charge in [0.1, 0.15) is 11.4 Å². The van der Waals surface area contributed by atoms with Crippen LogP contribution < -0.4 is 4.74 Å². The van der Waals surface area contributed by atoms with Crippen LogP contribution >= 0.6 is 11.6 Å². The normalized spacial score (nSPS) is 13.7. The molecule has 0 aliphatic carbocycles. The number of aromatic carboxylic acids is 1. The lowest BCUT2D eigenvalue weighted by Crippen LogP contribution is -2.12. The molecule has 212 valence electrons. The first kappa shape index (κ1) is 27.4. The van der Waals surface area contributed by atoms with Crippen molar-refractivity contribution < 1.29 is 19.4 Å². The molecule has 0 saturated carbocycles. The van der Waals surface area contributed by atoms with Gasteiger partial charge in [-0.1, -0.05) is 48.9 Å². The van der Waals surface area contributed by atoms with Crippen molar-refractivity contribution >= 4 is 39.2 Å². The Bertz CT molecular complexity index is 1750. The number of benzene rings is 3. The smallest absolute Gasteiger partial charge is 0.352 e. The van der Waals surface area contributed by atoms with Crippen molar-refractivity contribution in [3.8, 4) is 16.9 Å². The summed E-state index contributed by atoms with van der Waals surface area (Å²) >= 11 is 6.17. The van der Waals surface area contributed by atoms with Gasteiger partial charge in [-0.05, 0) is 67.3 Å². The monoisotopic (exact) mass is 571 g/mol. The van der Waals surface area contributed by atoms with Gasteiger partial charge in [0.15, 0.2) is 0 Å². The van der Waals surface area contributed by atoms with Crippen LogP contribution in [0.5, 0.6) is 5.75 Å². The van der Waals surface area contributed by atoms with Gasteiger partial charge in [-0.2, -0.15) is 5.10 Å². The topological polar surface area (TPSA) is 78.5 Å². The van der Waals surface area contributed by atoms with E-state index in [2.05, 4.69) is 19.1 Å². The lowest BCUT2D eigenvalue weighted by Gasteiger charge is -2.12. The van der Waals surface area contributed by atoms with Crippen LogP contribution in [-0.2, 0) is 37.8 Å². The molecule has 0 amide bonds. The van der Waals surface area contributed by atoms with E-state index in [-0.39, 0.29) is 0 Å². The predicted molar refractivity (Wildman–Crippen MR) is 162 cm³/mol. The highest BCUT2D eigenvalue weighted by Gasteiger charge is 2.27. The van der Waals surface area contributed by atoms with E-state index in [0.29, 0.717) is 49.9 Å². The zero-order valence-electron chi connectivity index (χ0n) is 23.5. The molecular weight excluding hydrogens is 538 g/mol. The highest BCUT2D eigenvalue weighted by Crippen LogP contribution is 2.39. The number of para-hydroxylation sites is 1. The third-order valence-electron chi connectivity index (χ3n) is 8.02. The van der Waals surface area contributed by atoms with Gasteiger partial charge in [0.2, 0.25) is 0 Å². The molecule has 0 saturated heterocycles. The third kappa shape index (κ3) is 5.09. The van der Waals surface area contributed by atoms with Crippen molar-refractivity contribution in [1.82, 2.24) is 14.3 Å². The number of halogens is 1. The van der Waals surface area contributed by atoms with E-state index in [1.807, 2.05) is 58.8 Å². The molecule has 0 bridgehead atoms. The number of rotatable bonds is 7. The van der Waals surface area contributed by atoms with Gasteiger partial charge in [0.05, 0.1) is 30.1 Å². The van der Waals surface area contributed by atoms with E-state index in [4.69, 9.17) is 26.2 Å². The maximum Gasteiger partial charge on any atom is 0.352 e. The number of aromatic nitrogens is 3. The second kappa shape index (κ2) is 11.6. The Balaban J connectivity index is 1.39. The zero-order chi connectivity index (χ0) is 28.5. The van der Waals surface area contributed by atoms with Gasteiger partial charge in [0, 0.05) is 47.1 Å². The molecule has 1 N–H and O–H groups in total. The Morgan fingerprint density at radius 1 is 1.12 bits per heavy atom. The van der Waals surface area contributed by atoms with Crippen LogP contribution in [0, 0.1) is 0 Å². The lowest BCUT2D eigenvalue weighted by molar-refractivity contribution is 0.0683. The first-order valence-electron chi connectivity index (χ1n) is 14.3. The van der Waals surface area contributed by atoms with Gasteiger partial charge >= 0.3 is 5.97 Å². The van der Waals surface area contributed by atoms with Crippen LogP contribution in [0.4, 0.5) is 0 Å². The van der Waals surface area contributed by atoms with Gasteiger partial charge in [-0.15, -0.1) is 0 Å². The molecule has 1 aliphatic rings. The molecule has 3 aromatic carbocycles. The first-order chi connectivity index (χ1) is 20.0. The maximum atomic E-state index is 12.8. The van der Waals surface area contributed by atoms with E-state index in [0.717, 1.165) is 74.8 Å². The van der Waals surface area contributed by atoms with Crippen molar-refractivity contribution in [2.24, 2.45) is 7.05 Å². The van der Waals surface area contributed by atoms with Gasteiger partial charge in [0.25, 0.3) is 0 Å². The van der Waals surface area contributed by atoms with E-state index < -0.39 is 5.97 Å². The fourth-order valence-electron chi connectivity index (χ4n) is 6.17. The quantitative estimate of drug-likeness (QED) is 0.205. The van der Waals surface area contributed by atoms with E-state index >= 15 is 0 Å². The van der Waals surface area contributed by atoms with E-state index in [9.17, 15) is 9.90 Å². The SMILES string of the molecule is CCc1nn(C)c2c1-c1cccc3c(CCCOc4cccc5cc(Cl)ccc45)c(C(=O)O)n(c13)CCCCOC2. The van der Waals surface area contributed by atoms with Crippen LogP contribution in [0.15, 0.2) is 54.6 Å². The number of aryl methyl sites for hydroxylation is 4. The summed E-state index contributed by atoms with van der Waals surface area (Å²) in [5.74, 6) is -0.0996. The average molecular weight is 572 g/mol. The average Bonchev–Trinajstić information content (AvgIpc) is 3.45. The molecule has 0 unspecified atom stereocenters. The van der Waals surface area contributed by atoms with Crippen LogP contribution in [0.3, 0.4) is 0 Å². The molecule has 41 heavy (non-hydrogen) atoms. The van der Waals surface area contributed by atoms with Crippen LogP contribution in [0.25, 0.3) is 32.8 Å². The molecule has 7 nitrogen and oxygen atoms in total. The minimum Gasteiger partial charge on any atom is -0.493 e. The molecule has 0 atom stereocenters. The molecular formula is C33H34ClN3O4. The minimum absolute atomic E-state index is 0.371. The van der Waals surface area contributed by atoms with Gasteiger partial charge in [-0.3, -0.25) is 4.68 Å². The molecule has 5 aromatic rings. The molecule has 0 radical (unpaired) electrons. The molecule has 0 fully saturated rings. The summed E-state index contributed by atoms with van der Waals surface area (Å²) in [6, 6.07) is 17.9. The summed E-state index contributed by atoms with van der Waals surface area (Å²) < 4.78 is 16.2. The van der Waals surface area contributed by atoms with Gasteiger partial charge in [-0.25, -0.2) is 4.79 Å². The van der Waals surface area contributed by atoms with E-state index in [1.165, 1.54) is 0 Å². The molecule has 2 aromatic heterocycles. The van der Waals surface area contributed by atoms with E-state index in [1.54, 1.807) is 0 Å². The summed E-state index contributed by atoms with van der Waals surface area (Å²) in [5.41, 5.74) is 6.30. The third-order valence-corrected chi connectivity index (χ3v) is 8.26. The summed E-state index contributed by atoms with van der Waals surface area (Å²) in [6.07, 6.45) is 3.74. The minimum atomic E-state index is -0.901.